The zero-order valence-electron chi connectivity index (χ0n) is 16.6. The maximum absolute atomic E-state index is 13.7. The van der Waals surface area contributed by atoms with Crippen LogP contribution in [0, 0.1) is 11.6 Å². The van der Waals surface area contributed by atoms with Crippen LogP contribution in [0.2, 0.25) is 0 Å². The molecule has 0 bridgehead atoms. The number of benzene rings is 2. The SMILES string of the molecule is O=C(CN1c2ccccc2Cn2c1nc(-c1ccncn1)cc2=O)c1cc(F)cc(F)c1. The summed E-state index contributed by atoms with van der Waals surface area (Å²) < 4.78 is 28.8. The van der Waals surface area contributed by atoms with Crippen LogP contribution in [0.15, 0.2) is 71.9 Å². The van der Waals surface area contributed by atoms with Crippen LogP contribution in [-0.4, -0.2) is 31.8 Å². The van der Waals surface area contributed by atoms with Crippen LogP contribution in [0.25, 0.3) is 11.4 Å². The third-order valence-electron chi connectivity index (χ3n) is 5.17. The molecular weight excluding hydrogens is 416 g/mol. The fraction of sp³-hybridized carbons (Fsp3) is 0.0870. The zero-order chi connectivity index (χ0) is 22.2. The number of aromatic nitrogens is 4. The van der Waals surface area contributed by atoms with Gasteiger partial charge in [0.05, 0.1) is 24.5 Å². The molecule has 2 aromatic heterocycles. The highest BCUT2D eigenvalue weighted by Gasteiger charge is 2.28. The molecular formula is C23H15F2N5O2. The van der Waals surface area contributed by atoms with Crippen LogP contribution in [0.3, 0.4) is 0 Å². The molecule has 9 heteroatoms. The van der Waals surface area contributed by atoms with E-state index in [0.29, 0.717) is 23.1 Å². The van der Waals surface area contributed by atoms with E-state index in [2.05, 4.69) is 15.0 Å². The van der Waals surface area contributed by atoms with Crippen molar-refractivity contribution in [1.29, 1.82) is 0 Å². The maximum Gasteiger partial charge on any atom is 0.255 e. The Morgan fingerprint density at radius 1 is 1.00 bits per heavy atom. The molecule has 7 nitrogen and oxygen atoms in total. The van der Waals surface area contributed by atoms with Crippen molar-refractivity contribution in [2.24, 2.45) is 0 Å². The largest absolute Gasteiger partial charge is 0.304 e. The topological polar surface area (TPSA) is 81.0 Å². The summed E-state index contributed by atoms with van der Waals surface area (Å²) in [6, 6.07) is 13.0. The number of halogens is 2. The zero-order valence-corrected chi connectivity index (χ0v) is 16.6. The Kier molecular flexibility index (Phi) is 4.78. The number of rotatable bonds is 4. The van der Waals surface area contributed by atoms with Crippen molar-refractivity contribution in [2.75, 3.05) is 11.4 Å². The lowest BCUT2D eigenvalue weighted by Crippen LogP contribution is -2.37. The van der Waals surface area contributed by atoms with E-state index < -0.39 is 17.4 Å². The highest BCUT2D eigenvalue weighted by Crippen LogP contribution is 2.33. The molecule has 0 aliphatic carbocycles. The lowest BCUT2D eigenvalue weighted by atomic mass is 10.1. The first-order valence-corrected chi connectivity index (χ1v) is 9.72. The smallest absolute Gasteiger partial charge is 0.255 e. The van der Waals surface area contributed by atoms with Gasteiger partial charge >= 0.3 is 0 Å². The molecule has 0 saturated carbocycles. The number of ketones is 1. The monoisotopic (exact) mass is 431 g/mol. The minimum atomic E-state index is -0.840. The number of nitrogens with zero attached hydrogens (tertiary/aromatic N) is 5. The van der Waals surface area contributed by atoms with Crippen molar-refractivity contribution in [3.63, 3.8) is 0 Å². The second kappa shape index (κ2) is 7.77. The molecule has 0 radical (unpaired) electrons. The summed E-state index contributed by atoms with van der Waals surface area (Å²) in [4.78, 5) is 40.1. The molecule has 0 saturated heterocycles. The van der Waals surface area contributed by atoms with Crippen LogP contribution in [0.4, 0.5) is 20.4 Å². The minimum absolute atomic E-state index is 0.105. The molecule has 158 valence electrons. The van der Waals surface area contributed by atoms with Crippen molar-refractivity contribution in [1.82, 2.24) is 19.5 Å². The molecule has 0 amide bonds. The van der Waals surface area contributed by atoms with Crippen LogP contribution < -0.4 is 10.5 Å². The van der Waals surface area contributed by atoms with Gasteiger partial charge in [0.1, 0.15) is 18.0 Å². The van der Waals surface area contributed by atoms with Gasteiger partial charge in [-0.25, -0.2) is 23.7 Å². The molecule has 4 aromatic rings. The summed E-state index contributed by atoms with van der Waals surface area (Å²) in [6.07, 6.45) is 2.89. The normalized spacial score (nSPS) is 12.2. The van der Waals surface area contributed by atoms with Crippen molar-refractivity contribution < 1.29 is 13.6 Å². The van der Waals surface area contributed by atoms with E-state index in [1.807, 2.05) is 18.2 Å². The van der Waals surface area contributed by atoms with Crippen molar-refractivity contribution in [3.8, 4) is 11.4 Å². The number of Topliss-reactive ketones (excluding diaryl/α,β-unsaturated/α-hetero) is 1. The number of para-hydroxylation sites is 1. The Balaban J connectivity index is 1.63. The van der Waals surface area contributed by atoms with Gasteiger partial charge in [0, 0.05) is 29.6 Å². The van der Waals surface area contributed by atoms with E-state index >= 15 is 0 Å². The second-order valence-electron chi connectivity index (χ2n) is 7.26. The van der Waals surface area contributed by atoms with Gasteiger partial charge in [0.15, 0.2) is 5.78 Å². The molecule has 5 rings (SSSR count). The van der Waals surface area contributed by atoms with Crippen molar-refractivity contribution in [3.05, 3.63) is 100 Å². The van der Waals surface area contributed by atoms with Gasteiger partial charge in [0.2, 0.25) is 5.95 Å². The average Bonchev–Trinajstić information content (AvgIpc) is 2.79. The number of hydrogen-bond donors (Lipinski definition) is 0. The van der Waals surface area contributed by atoms with E-state index in [1.54, 1.807) is 17.0 Å². The Bertz CT molecular complexity index is 1390. The molecule has 0 unspecified atom stereocenters. The summed E-state index contributed by atoms with van der Waals surface area (Å²) in [5.41, 5.74) is 1.87. The fourth-order valence-electron chi connectivity index (χ4n) is 3.71. The first-order valence-electron chi connectivity index (χ1n) is 9.72. The standard InChI is InChI=1S/C23H15F2N5O2/c24-16-7-15(8-17(25)9-16)21(31)12-29-20-4-2-1-3-14(20)11-30-22(32)10-19(28-23(29)30)18-5-6-26-13-27-18/h1-10,13H,11-12H2. The fourth-order valence-corrected chi connectivity index (χ4v) is 3.71. The maximum atomic E-state index is 13.7. The highest BCUT2D eigenvalue weighted by atomic mass is 19.1. The summed E-state index contributed by atoms with van der Waals surface area (Å²) in [5, 5.41) is 0. The van der Waals surface area contributed by atoms with Crippen molar-refractivity contribution >= 4 is 17.4 Å². The molecule has 2 aromatic carbocycles. The first-order chi connectivity index (χ1) is 15.5. The Hall–Kier alpha value is -4.27. The average molecular weight is 431 g/mol. The van der Waals surface area contributed by atoms with Gasteiger partial charge in [-0.15, -0.1) is 0 Å². The Labute approximate surface area is 180 Å². The van der Waals surface area contributed by atoms with E-state index in [-0.39, 0.29) is 30.2 Å². The summed E-state index contributed by atoms with van der Waals surface area (Å²) >= 11 is 0. The predicted molar refractivity (Wildman–Crippen MR) is 113 cm³/mol. The molecule has 0 fully saturated rings. The number of carbonyl (C=O) groups excluding carboxylic acids is 1. The van der Waals surface area contributed by atoms with Crippen LogP contribution >= 0.6 is 0 Å². The first kappa shape index (κ1) is 19.7. The van der Waals surface area contributed by atoms with Gasteiger partial charge in [0.25, 0.3) is 5.56 Å². The second-order valence-corrected chi connectivity index (χ2v) is 7.26. The van der Waals surface area contributed by atoms with Gasteiger partial charge in [-0.1, -0.05) is 18.2 Å². The molecule has 0 spiro atoms. The number of anilines is 2. The lowest BCUT2D eigenvalue weighted by Gasteiger charge is -2.32. The number of carbonyl (C=O) groups is 1. The van der Waals surface area contributed by atoms with Gasteiger partial charge < -0.3 is 4.90 Å². The van der Waals surface area contributed by atoms with Crippen LogP contribution in [0.5, 0.6) is 0 Å². The summed E-state index contributed by atoms with van der Waals surface area (Å²) in [7, 11) is 0. The summed E-state index contributed by atoms with van der Waals surface area (Å²) in [6.45, 7) is 0.0141. The van der Waals surface area contributed by atoms with E-state index in [1.165, 1.54) is 23.2 Å². The third-order valence-corrected chi connectivity index (χ3v) is 5.17. The molecule has 0 atom stereocenters. The van der Waals surface area contributed by atoms with E-state index in [4.69, 9.17) is 0 Å². The Morgan fingerprint density at radius 3 is 2.53 bits per heavy atom. The van der Waals surface area contributed by atoms with Crippen LogP contribution in [-0.2, 0) is 6.54 Å². The predicted octanol–water partition coefficient (Wildman–Crippen LogP) is 3.36. The van der Waals surface area contributed by atoms with E-state index in [9.17, 15) is 18.4 Å². The van der Waals surface area contributed by atoms with Gasteiger partial charge in [-0.05, 0) is 29.8 Å². The Morgan fingerprint density at radius 2 is 1.78 bits per heavy atom. The van der Waals surface area contributed by atoms with Crippen molar-refractivity contribution in [2.45, 2.75) is 6.54 Å². The van der Waals surface area contributed by atoms with Gasteiger partial charge in [-0.2, -0.15) is 0 Å². The highest BCUT2D eigenvalue weighted by molar-refractivity contribution is 6.00. The molecule has 3 heterocycles. The molecule has 1 aliphatic rings. The minimum Gasteiger partial charge on any atom is -0.304 e. The summed E-state index contributed by atoms with van der Waals surface area (Å²) in [5.74, 6) is -1.95. The molecule has 0 N–H and O–H groups in total. The van der Waals surface area contributed by atoms with Gasteiger partial charge in [-0.3, -0.25) is 14.2 Å². The number of fused-ring (bicyclic) bond motifs is 2. The van der Waals surface area contributed by atoms with E-state index in [0.717, 1.165) is 17.7 Å². The quantitative estimate of drug-likeness (QED) is 0.461. The van der Waals surface area contributed by atoms with Crippen LogP contribution in [0.1, 0.15) is 15.9 Å². The molecule has 32 heavy (non-hydrogen) atoms. The lowest BCUT2D eigenvalue weighted by molar-refractivity contribution is 0.1000. The molecule has 1 aliphatic heterocycles. The third kappa shape index (κ3) is 3.53. The number of hydrogen-bond acceptors (Lipinski definition) is 6.